The maximum absolute atomic E-state index is 11.4. The number of benzene rings is 2. The number of methoxy groups -OCH3 is 1. The molecule has 0 unspecified atom stereocenters. The van der Waals surface area contributed by atoms with Gasteiger partial charge in [0.25, 0.3) is 0 Å². The zero-order chi connectivity index (χ0) is 15.2. The van der Waals surface area contributed by atoms with Gasteiger partial charge in [0.2, 0.25) is 0 Å². The van der Waals surface area contributed by atoms with Crippen LogP contribution < -0.4 is 15.2 Å². The standard InChI is InChI=1S/C16H17NO4/c1-3-20-12-5-4-6-13(10-12)21-15-8-7-11(9-14(15)17)16(18)19-2/h4-10H,3,17H2,1-2H3. The number of carbonyl (C=O) groups excluding carboxylic acids is 1. The van der Waals surface area contributed by atoms with Gasteiger partial charge in [0.05, 0.1) is 25.0 Å². The van der Waals surface area contributed by atoms with Crippen molar-refractivity contribution in [3.05, 3.63) is 48.0 Å². The summed E-state index contributed by atoms with van der Waals surface area (Å²) < 4.78 is 15.8. The monoisotopic (exact) mass is 287 g/mol. The summed E-state index contributed by atoms with van der Waals surface area (Å²) in [6, 6.07) is 12.0. The number of nitrogen functional groups attached to an aromatic ring is 1. The van der Waals surface area contributed by atoms with E-state index >= 15 is 0 Å². The van der Waals surface area contributed by atoms with Crippen molar-refractivity contribution in [3.8, 4) is 17.2 Å². The minimum absolute atomic E-state index is 0.361. The fourth-order valence-electron chi connectivity index (χ4n) is 1.81. The van der Waals surface area contributed by atoms with Crippen LogP contribution in [0.25, 0.3) is 0 Å². The number of nitrogens with two attached hydrogens (primary N) is 1. The zero-order valence-electron chi connectivity index (χ0n) is 12.0. The Kier molecular flexibility index (Phi) is 4.66. The molecule has 5 nitrogen and oxygen atoms in total. The molecule has 5 heteroatoms. The molecule has 0 aliphatic heterocycles. The molecule has 0 radical (unpaired) electrons. The summed E-state index contributed by atoms with van der Waals surface area (Å²) >= 11 is 0. The molecule has 2 aromatic carbocycles. The Morgan fingerprint density at radius 1 is 1.14 bits per heavy atom. The predicted octanol–water partition coefficient (Wildman–Crippen LogP) is 3.25. The fraction of sp³-hybridized carbons (Fsp3) is 0.188. The van der Waals surface area contributed by atoms with Crippen molar-refractivity contribution in [2.24, 2.45) is 0 Å². The van der Waals surface area contributed by atoms with Gasteiger partial charge in [-0.05, 0) is 37.3 Å². The van der Waals surface area contributed by atoms with Gasteiger partial charge in [-0.3, -0.25) is 0 Å². The lowest BCUT2D eigenvalue weighted by molar-refractivity contribution is 0.0601. The Morgan fingerprint density at radius 2 is 1.90 bits per heavy atom. The molecule has 2 aromatic rings. The molecule has 0 saturated heterocycles. The molecular formula is C16H17NO4. The van der Waals surface area contributed by atoms with Crippen LogP contribution in [0, 0.1) is 0 Å². The Balaban J connectivity index is 2.19. The van der Waals surface area contributed by atoms with E-state index in [0.29, 0.717) is 29.4 Å². The maximum atomic E-state index is 11.4. The molecule has 0 amide bonds. The van der Waals surface area contributed by atoms with Gasteiger partial charge < -0.3 is 19.9 Å². The lowest BCUT2D eigenvalue weighted by Gasteiger charge is -2.11. The first kappa shape index (κ1) is 14.7. The SMILES string of the molecule is CCOc1cccc(Oc2ccc(C(=O)OC)cc2N)c1. The van der Waals surface area contributed by atoms with Gasteiger partial charge in [0.1, 0.15) is 17.2 Å². The topological polar surface area (TPSA) is 70.8 Å². The van der Waals surface area contributed by atoms with Crippen LogP contribution in [0.5, 0.6) is 17.2 Å². The van der Waals surface area contributed by atoms with E-state index in [4.69, 9.17) is 15.2 Å². The summed E-state index contributed by atoms with van der Waals surface area (Å²) in [4.78, 5) is 11.4. The lowest BCUT2D eigenvalue weighted by Crippen LogP contribution is -2.02. The van der Waals surface area contributed by atoms with E-state index in [9.17, 15) is 4.79 Å². The van der Waals surface area contributed by atoms with Crippen LogP contribution in [0.15, 0.2) is 42.5 Å². The third-order valence-corrected chi connectivity index (χ3v) is 2.78. The van der Waals surface area contributed by atoms with E-state index in [1.54, 1.807) is 24.3 Å². The molecule has 2 N–H and O–H groups in total. The lowest BCUT2D eigenvalue weighted by atomic mass is 10.2. The minimum Gasteiger partial charge on any atom is -0.494 e. The van der Waals surface area contributed by atoms with Crippen molar-refractivity contribution >= 4 is 11.7 Å². The van der Waals surface area contributed by atoms with Gasteiger partial charge in [0.15, 0.2) is 0 Å². The normalized spacial score (nSPS) is 10.0. The minimum atomic E-state index is -0.438. The van der Waals surface area contributed by atoms with Gasteiger partial charge in [-0.2, -0.15) is 0 Å². The molecule has 0 aromatic heterocycles. The molecule has 0 atom stereocenters. The van der Waals surface area contributed by atoms with Crippen molar-refractivity contribution in [2.45, 2.75) is 6.92 Å². The third-order valence-electron chi connectivity index (χ3n) is 2.78. The van der Waals surface area contributed by atoms with Crippen molar-refractivity contribution in [3.63, 3.8) is 0 Å². The summed E-state index contributed by atoms with van der Waals surface area (Å²) in [6.45, 7) is 2.50. The second-order valence-corrected chi connectivity index (χ2v) is 4.25. The van der Waals surface area contributed by atoms with E-state index in [1.807, 2.05) is 19.1 Å². The largest absolute Gasteiger partial charge is 0.494 e. The van der Waals surface area contributed by atoms with Crippen LogP contribution in [0.2, 0.25) is 0 Å². The van der Waals surface area contributed by atoms with Crippen molar-refractivity contribution < 1.29 is 19.0 Å². The highest BCUT2D eigenvalue weighted by Crippen LogP contribution is 2.30. The summed E-state index contributed by atoms with van der Waals surface area (Å²) in [5, 5.41) is 0. The van der Waals surface area contributed by atoms with E-state index in [0.717, 1.165) is 5.75 Å². The number of rotatable bonds is 5. The summed E-state index contributed by atoms with van der Waals surface area (Å²) in [5.74, 6) is 1.36. The molecule has 0 aliphatic rings. The molecule has 0 fully saturated rings. The molecular weight excluding hydrogens is 270 g/mol. The molecule has 0 aliphatic carbocycles. The third kappa shape index (κ3) is 3.66. The van der Waals surface area contributed by atoms with E-state index < -0.39 is 5.97 Å². The van der Waals surface area contributed by atoms with Crippen molar-refractivity contribution in [2.75, 3.05) is 19.5 Å². The number of ether oxygens (including phenoxy) is 3. The number of hydrogen-bond acceptors (Lipinski definition) is 5. The van der Waals surface area contributed by atoms with E-state index in [1.165, 1.54) is 13.2 Å². The highest BCUT2D eigenvalue weighted by molar-refractivity contribution is 5.90. The van der Waals surface area contributed by atoms with E-state index in [-0.39, 0.29) is 0 Å². The average molecular weight is 287 g/mol. The van der Waals surface area contributed by atoms with Crippen LogP contribution in [0.1, 0.15) is 17.3 Å². The van der Waals surface area contributed by atoms with Gasteiger partial charge >= 0.3 is 5.97 Å². The van der Waals surface area contributed by atoms with Crippen molar-refractivity contribution in [1.29, 1.82) is 0 Å². The molecule has 0 spiro atoms. The van der Waals surface area contributed by atoms with E-state index in [2.05, 4.69) is 4.74 Å². The summed E-state index contributed by atoms with van der Waals surface area (Å²) in [7, 11) is 1.32. The predicted molar refractivity (Wildman–Crippen MR) is 79.9 cm³/mol. The molecule has 0 bridgehead atoms. The highest BCUT2D eigenvalue weighted by atomic mass is 16.5. The second kappa shape index (κ2) is 6.65. The first-order chi connectivity index (χ1) is 10.1. The first-order valence-corrected chi connectivity index (χ1v) is 6.52. The number of anilines is 1. The van der Waals surface area contributed by atoms with Gasteiger partial charge in [-0.1, -0.05) is 6.07 Å². The Morgan fingerprint density at radius 3 is 2.57 bits per heavy atom. The van der Waals surface area contributed by atoms with Crippen LogP contribution in [0.3, 0.4) is 0 Å². The fourth-order valence-corrected chi connectivity index (χ4v) is 1.81. The van der Waals surface area contributed by atoms with Crippen molar-refractivity contribution in [1.82, 2.24) is 0 Å². The molecule has 110 valence electrons. The Bertz CT molecular complexity index is 640. The zero-order valence-corrected chi connectivity index (χ0v) is 12.0. The van der Waals surface area contributed by atoms with Gasteiger partial charge in [0, 0.05) is 6.07 Å². The Hall–Kier alpha value is -2.69. The highest BCUT2D eigenvalue weighted by Gasteiger charge is 2.09. The van der Waals surface area contributed by atoms with Crippen LogP contribution >= 0.6 is 0 Å². The number of carbonyl (C=O) groups is 1. The average Bonchev–Trinajstić information content (AvgIpc) is 2.49. The molecule has 0 heterocycles. The molecule has 21 heavy (non-hydrogen) atoms. The number of hydrogen-bond donors (Lipinski definition) is 1. The van der Waals surface area contributed by atoms with Crippen LogP contribution in [-0.2, 0) is 4.74 Å². The molecule has 0 saturated carbocycles. The Labute approximate surface area is 123 Å². The second-order valence-electron chi connectivity index (χ2n) is 4.25. The van der Waals surface area contributed by atoms with Gasteiger partial charge in [-0.15, -0.1) is 0 Å². The maximum Gasteiger partial charge on any atom is 0.337 e. The van der Waals surface area contributed by atoms with Gasteiger partial charge in [-0.25, -0.2) is 4.79 Å². The van der Waals surface area contributed by atoms with Crippen LogP contribution in [-0.4, -0.2) is 19.7 Å². The smallest absolute Gasteiger partial charge is 0.337 e. The summed E-state index contributed by atoms with van der Waals surface area (Å²) in [5.41, 5.74) is 6.64. The quantitative estimate of drug-likeness (QED) is 0.675. The first-order valence-electron chi connectivity index (χ1n) is 6.52. The molecule has 2 rings (SSSR count). The van der Waals surface area contributed by atoms with Crippen LogP contribution in [0.4, 0.5) is 5.69 Å². The number of esters is 1. The summed E-state index contributed by atoms with van der Waals surface area (Å²) in [6.07, 6.45) is 0.